The van der Waals surface area contributed by atoms with Crippen LogP contribution in [0.25, 0.3) is 0 Å². The Morgan fingerprint density at radius 1 is 1.04 bits per heavy atom. The highest BCUT2D eigenvalue weighted by Crippen LogP contribution is 2.64. The van der Waals surface area contributed by atoms with Gasteiger partial charge in [0.25, 0.3) is 0 Å². The maximum absolute atomic E-state index is 13.5. The van der Waals surface area contributed by atoms with Crippen molar-refractivity contribution in [2.75, 3.05) is 13.6 Å². The van der Waals surface area contributed by atoms with E-state index in [4.69, 9.17) is 23.7 Å². The number of aliphatic carboxylic acids is 1. The maximum atomic E-state index is 13.5. The van der Waals surface area contributed by atoms with Crippen molar-refractivity contribution in [2.45, 2.75) is 87.6 Å². The van der Waals surface area contributed by atoms with E-state index in [9.17, 15) is 39.3 Å². The van der Waals surface area contributed by atoms with Gasteiger partial charge in [-0.25, -0.2) is 14.4 Å². The van der Waals surface area contributed by atoms with Crippen molar-refractivity contribution in [1.82, 2.24) is 4.90 Å². The number of likely N-dealkylation sites (N-methyl/N-ethyl adjacent to an activating group) is 1. The molecule has 2 aliphatic carbocycles. The monoisotopic (exact) mass is 679 g/mol. The lowest BCUT2D eigenvalue weighted by Gasteiger charge is -2.61. The van der Waals surface area contributed by atoms with Crippen LogP contribution in [0, 0.1) is 0 Å². The Balaban J connectivity index is 1.24. The third-order valence-electron chi connectivity index (χ3n) is 9.97. The van der Waals surface area contributed by atoms with Crippen molar-refractivity contribution >= 4 is 29.8 Å². The summed E-state index contributed by atoms with van der Waals surface area (Å²) in [6.45, 7) is 2.48. The summed E-state index contributed by atoms with van der Waals surface area (Å²) < 4.78 is 27.7. The van der Waals surface area contributed by atoms with Gasteiger partial charge < -0.3 is 43.9 Å². The third kappa shape index (κ3) is 5.73. The molecule has 1 spiro atoms. The molecule has 0 unspecified atom stereocenters. The summed E-state index contributed by atoms with van der Waals surface area (Å²) in [5.41, 5.74) is 0.212. The molecule has 3 N–H and O–H groups in total. The minimum Gasteiger partial charge on any atom is -0.481 e. The van der Waals surface area contributed by atoms with Crippen LogP contribution in [0.2, 0.25) is 0 Å². The molecule has 6 rings (SSSR count). The Hall–Kier alpha value is -4.79. The van der Waals surface area contributed by atoms with Crippen molar-refractivity contribution in [3.05, 3.63) is 76.6 Å². The zero-order valence-electron chi connectivity index (χ0n) is 27.1. The van der Waals surface area contributed by atoms with Gasteiger partial charge in [-0.05, 0) is 45.0 Å². The van der Waals surface area contributed by atoms with Crippen LogP contribution in [0.15, 0.2) is 54.3 Å². The summed E-state index contributed by atoms with van der Waals surface area (Å²) in [6, 6.07) is 11.1. The molecule has 2 heterocycles. The first kappa shape index (κ1) is 34.1. The second-order valence-corrected chi connectivity index (χ2v) is 12.8. The molecular formula is C35H37NO13. The van der Waals surface area contributed by atoms with Crippen LogP contribution in [0.1, 0.15) is 61.5 Å². The molecule has 0 saturated carbocycles. The number of carbonyl (C=O) groups excluding carboxylic acids is 4. The van der Waals surface area contributed by atoms with Crippen molar-refractivity contribution in [3.8, 4) is 5.75 Å². The Morgan fingerprint density at radius 2 is 1.78 bits per heavy atom. The van der Waals surface area contributed by atoms with Crippen LogP contribution in [-0.4, -0.2) is 93.6 Å². The fourth-order valence-electron chi connectivity index (χ4n) is 7.69. The van der Waals surface area contributed by atoms with E-state index in [-0.39, 0.29) is 30.4 Å². The van der Waals surface area contributed by atoms with Gasteiger partial charge in [-0.3, -0.25) is 9.59 Å². The molecular weight excluding hydrogens is 642 g/mol. The minimum atomic E-state index is -1.85. The van der Waals surface area contributed by atoms with E-state index in [1.807, 2.05) is 13.1 Å². The number of ether oxygens (including phenoxy) is 5. The minimum absolute atomic E-state index is 0.106. The summed E-state index contributed by atoms with van der Waals surface area (Å²) in [5.74, 6) is -5.25. The fourth-order valence-corrected chi connectivity index (χ4v) is 7.69. The van der Waals surface area contributed by atoms with Gasteiger partial charge in [-0.2, -0.15) is 0 Å². The SMILES string of the molecule is CC(=O)O[C@@H](CC(=O)OC1=CC[C@@]2(O)[C@H]3Cc4ccc(CO)c5c4[C@@]2(CCN3C)[C@H]1O5)C(=O)O[C@H](C(=O)O[C@@H](C)C(=O)O)c1ccccc1. The number of hydrogen-bond acceptors (Lipinski definition) is 13. The predicted molar refractivity (Wildman–Crippen MR) is 166 cm³/mol. The molecule has 0 aromatic heterocycles. The predicted octanol–water partition coefficient (Wildman–Crippen LogP) is 1.62. The van der Waals surface area contributed by atoms with E-state index in [0.717, 1.165) is 25.0 Å². The van der Waals surface area contributed by atoms with E-state index in [0.29, 0.717) is 30.7 Å². The number of nitrogens with zero attached hydrogens (tertiary/aromatic N) is 1. The van der Waals surface area contributed by atoms with Crippen LogP contribution < -0.4 is 4.74 Å². The molecule has 2 bridgehead atoms. The maximum Gasteiger partial charge on any atom is 0.353 e. The van der Waals surface area contributed by atoms with Crippen molar-refractivity contribution in [3.63, 3.8) is 0 Å². The number of carbonyl (C=O) groups is 5. The van der Waals surface area contributed by atoms with E-state index in [2.05, 4.69) is 4.90 Å². The molecule has 2 aromatic carbocycles. The number of hydrogen-bond donors (Lipinski definition) is 3. The number of aliphatic hydroxyl groups excluding tert-OH is 1. The van der Waals surface area contributed by atoms with Crippen LogP contribution in [0.5, 0.6) is 5.75 Å². The molecule has 1 saturated heterocycles. The second kappa shape index (κ2) is 12.9. The van der Waals surface area contributed by atoms with E-state index in [1.165, 1.54) is 12.1 Å². The molecule has 0 amide bonds. The molecule has 14 heteroatoms. The number of piperidine rings is 1. The summed E-state index contributed by atoms with van der Waals surface area (Å²) in [6.07, 6.45) is -4.12. The quantitative estimate of drug-likeness (QED) is 0.229. The molecule has 7 atom stereocenters. The summed E-state index contributed by atoms with van der Waals surface area (Å²) >= 11 is 0. The van der Waals surface area contributed by atoms with Gasteiger partial charge in [0.2, 0.25) is 12.2 Å². The lowest BCUT2D eigenvalue weighted by atomic mass is 9.50. The molecule has 260 valence electrons. The number of carboxylic acids is 1. The number of carboxylic acid groups (broad SMARTS) is 1. The number of likely N-dealkylation sites (tertiary alicyclic amines) is 1. The van der Waals surface area contributed by atoms with Gasteiger partial charge in [0, 0.05) is 36.1 Å². The van der Waals surface area contributed by atoms with Gasteiger partial charge in [0.05, 0.1) is 24.0 Å². The molecule has 0 radical (unpaired) electrons. The Morgan fingerprint density at radius 3 is 2.45 bits per heavy atom. The standard InChI is InChI=1S/C35H37NO13/c1-18(31(40)41)45-33(43)29(20-7-5-4-6-8-20)49-32(42)24(46-19(2)38)16-26(39)47-23-11-12-35(44)25-15-21-9-10-22(17-37)28-27(21)34(35,30(23)48-28)13-14-36(25)3/h4-11,18,24-25,29-30,37,44H,12-17H2,1-3H3,(H,40,41)/t18-,24-,25+,29-,30-,34-,35+/m0/s1. The van der Waals surface area contributed by atoms with E-state index >= 15 is 0 Å². The number of benzene rings is 2. The first-order chi connectivity index (χ1) is 23.3. The normalized spacial score (nSPS) is 26.5. The van der Waals surface area contributed by atoms with Gasteiger partial charge in [-0.15, -0.1) is 0 Å². The van der Waals surface area contributed by atoms with Crippen LogP contribution in [0.3, 0.4) is 0 Å². The molecule has 14 nitrogen and oxygen atoms in total. The molecule has 4 aliphatic rings. The van der Waals surface area contributed by atoms with Crippen LogP contribution >= 0.6 is 0 Å². The lowest BCUT2D eigenvalue weighted by Crippen LogP contribution is -2.74. The molecule has 1 fully saturated rings. The van der Waals surface area contributed by atoms with Crippen LogP contribution in [0.4, 0.5) is 0 Å². The topological polar surface area (TPSA) is 195 Å². The van der Waals surface area contributed by atoms with Gasteiger partial charge in [0.1, 0.15) is 11.5 Å². The Bertz CT molecular complexity index is 1720. The Labute approximate surface area is 281 Å². The van der Waals surface area contributed by atoms with Crippen LogP contribution in [-0.2, 0) is 61.4 Å². The molecule has 2 aliphatic heterocycles. The smallest absolute Gasteiger partial charge is 0.353 e. The van der Waals surface area contributed by atoms with Crippen molar-refractivity contribution < 1.29 is 63.0 Å². The first-order valence-electron chi connectivity index (χ1n) is 15.9. The average molecular weight is 680 g/mol. The molecule has 2 aromatic rings. The van der Waals surface area contributed by atoms with Crippen molar-refractivity contribution in [2.24, 2.45) is 0 Å². The largest absolute Gasteiger partial charge is 0.481 e. The summed E-state index contributed by atoms with van der Waals surface area (Å²) in [4.78, 5) is 65.2. The highest BCUT2D eigenvalue weighted by Gasteiger charge is 2.72. The Kier molecular flexibility index (Phi) is 8.98. The van der Waals surface area contributed by atoms with E-state index in [1.54, 1.807) is 30.3 Å². The number of rotatable bonds is 11. The van der Waals surface area contributed by atoms with Gasteiger partial charge in [0.15, 0.2) is 12.2 Å². The fraction of sp³-hybridized carbons (Fsp3) is 0.457. The summed E-state index contributed by atoms with van der Waals surface area (Å²) in [7, 11) is 1.95. The highest BCUT2D eigenvalue weighted by molar-refractivity contribution is 5.88. The second-order valence-electron chi connectivity index (χ2n) is 12.8. The number of aliphatic hydroxyl groups is 2. The van der Waals surface area contributed by atoms with Crippen molar-refractivity contribution in [1.29, 1.82) is 0 Å². The number of esters is 4. The lowest BCUT2D eigenvalue weighted by molar-refractivity contribution is -0.184. The third-order valence-corrected chi connectivity index (χ3v) is 9.97. The molecule has 49 heavy (non-hydrogen) atoms. The highest BCUT2D eigenvalue weighted by atomic mass is 16.6. The average Bonchev–Trinajstić information content (AvgIpc) is 3.42. The summed E-state index contributed by atoms with van der Waals surface area (Å²) in [5, 5.41) is 31.7. The van der Waals surface area contributed by atoms with E-state index < -0.39 is 71.7 Å². The zero-order chi connectivity index (χ0) is 35.2. The first-order valence-corrected chi connectivity index (χ1v) is 15.9. The zero-order valence-corrected chi connectivity index (χ0v) is 27.1. The van der Waals surface area contributed by atoms with Gasteiger partial charge in [-0.1, -0.05) is 42.5 Å². The van der Waals surface area contributed by atoms with Gasteiger partial charge >= 0.3 is 29.8 Å².